The zero-order chi connectivity index (χ0) is 11.4. The minimum absolute atomic E-state index is 0.0267. The molecule has 0 fully saturated rings. The summed E-state index contributed by atoms with van der Waals surface area (Å²) in [6.45, 7) is 1.89. The van der Waals surface area contributed by atoms with Gasteiger partial charge in [0.1, 0.15) is 0 Å². The molecule has 0 aliphatic rings. The third-order valence-electron chi connectivity index (χ3n) is 2.36. The number of rotatable bonds is 3. The van der Waals surface area contributed by atoms with E-state index in [0.29, 0.717) is 5.13 Å². The van der Waals surface area contributed by atoms with E-state index in [0.717, 1.165) is 5.56 Å². The lowest BCUT2D eigenvalue weighted by atomic mass is 10.0. The predicted molar refractivity (Wildman–Crippen MR) is 65.6 cm³/mol. The Labute approximate surface area is 98.2 Å². The van der Waals surface area contributed by atoms with Gasteiger partial charge >= 0.3 is 0 Å². The first-order valence-corrected chi connectivity index (χ1v) is 5.90. The minimum atomic E-state index is -0.162. The molecule has 1 aromatic heterocycles. The van der Waals surface area contributed by atoms with E-state index in [1.54, 1.807) is 6.20 Å². The van der Waals surface area contributed by atoms with Crippen LogP contribution in [-0.2, 0) is 4.79 Å². The standard InChI is InChI=1S/C12H12N2OS/c1-9(10-5-3-2-4-6-10)11(15)14-12-13-7-8-16-12/h2-9H,1H3,(H,13,14,15). The molecule has 0 saturated carbocycles. The van der Waals surface area contributed by atoms with Crippen molar-refractivity contribution in [2.45, 2.75) is 12.8 Å². The van der Waals surface area contributed by atoms with Crippen molar-refractivity contribution in [3.8, 4) is 0 Å². The summed E-state index contributed by atoms with van der Waals surface area (Å²) in [7, 11) is 0. The highest BCUT2D eigenvalue weighted by molar-refractivity contribution is 7.13. The van der Waals surface area contributed by atoms with Gasteiger partial charge in [0.25, 0.3) is 0 Å². The third kappa shape index (κ3) is 2.46. The van der Waals surface area contributed by atoms with Gasteiger partial charge in [0.05, 0.1) is 5.92 Å². The Kier molecular flexibility index (Phi) is 3.31. The maximum Gasteiger partial charge on any atom is 0.233 e. The van der Waals surface area contributed by atoms with Crippen LogP contribution in [0.15, 0.2) is 41.9 Å². The molecule has 2 rings (SSSR count). The van der Waals surface area contributed by atoms with Gasteiger partial charge in [-0.2, -0.15) is 0 Å². The van der Waals surface area contributed by atoms with Crippen molar-refractivity contribution in [3.63, 3.8) is 0 Å². The van der Waals surface area contributed by atoms with Gasteiger partial charge in [0.15, 0.2) is 5.13 Å². The SMILES string of the molecule is CC(C(=O)Nc1nccs1)c1ccccc1. The molecule has 1 aromatic carbocycles. The average Bonchev–Trinajstić information content (AvgIpc) is 2.82. The Bertz CT molecular complexity index is 453. The Hall–Kier alpha value is -1.68. The molecule has 0 aliphatic heterocycles. The second kappa shape index (κ2) is 4.90. The Morgan fingerprint density at radius 1 is 1.38 bits per heavy atom. The van der Waals surface area contributed by atoms with Gasteiger partial charge in [-0.15, -0.1) is 11.3 Å². The minimum Gasteiger partial charge on any atom is -0.301 e. The largest absolute Gasteiger partial charge is 0.301 e. The number of hydrogen-bond acceptors (Lipinski definition) is 3. The molecule has 4 heteroatoms. The number of carbonyl (C=O) groups excluding carboxylic acids is 1. The summed E-state index contributed by atoms with van der Waals surface area (Å²) in [5.74, 6) is -0.189. The van der Waals surface area contributed by atoms with Crippen LogP contribution in [0.5, 0.6) is 0 Å². The lowest BCUT2D eigenvalue weighted by Gasteiger charge is -2.10. The molecule has 3 nitrogen and oxygen atoms in total. The summed E-state index contributed by atoms with van der Waals surface area (Å²) in [6, 6.07) is 9.71. The Morgan fingerprint density at radius 2 is 2.12 bits per heavy atom. The van der Waals surface area contributed by atoms with Gasteiger partial charge in [0.2, 0.25) is 5.91 Å². The highest BCUT2D eigenvalue weighted by atomic mass is 32.1. The molecule has 1 N–H and O–H groups in total. The van der Waals surface area contributed by atoms with E-state index in [2.05, 4.69) is 10.3 Å². The number of thiazole rings is 1. The summed E-state index contributed by atoms with van der Waals surface area (Å²) >= 11 is 1.42. The van der Waals surface area contributed by atoms with E-state index < -0.39 is 0 Å². The van der Waals surface area contributed by atoms with Crippen LogP contribution in [0, 0.1) is 0 Å². The third-order valence-corrected chi connectivity index (χ3v) is 3.04. The van der Waals surface area contributed by atoms with Crippen LogP contribution in [0.1, 0.15) is 18.4 Å². The number of amides is 1. The molecule has 0 saturated heterocycles. The second-order valence-corrected chi connectivity index (χ2v) is 4.35. The Morgan fingerprint density at radius 3 is 2.75 bits per heavy atom. The quantitative estimate of drug-likeness (QED) is 0.884. The normalized spacial score (nSPS) is 12.1. The van der Waals surface area contributed by atoms with Crippen LogP contribution >= 0.6 is 11.3 Å². The summed E-state index contributed by atoms with van der Waals surface area (Å²) in [6.07, 6.45) is 1.67. The van der Waals surface area contributed by atoms with Gasteiger partial charge in [-0.3, -0.25) is 4.79 Å². The summed E-state index contributed by atoms with van der Waals surface area (Å²) in [4.78, 5) is 15.9. The summed E-state index contributed by atoms with van der Waals surface area (Å²) < 4.78 is 0. The van der Waals surface area contributed by atoms with Crippen LogP contribution in [0.3, 0.4) is 0 Å². The first-order chi connectivity index (χ1) is 7.77. The molecule has 16 heavy (non-hydrogen) atoms. The molecular formula is C12H12N2OS. The van der Waals surface area contributed by atoms with Crippen molar-refractivity contribution in [1.82, 2.24) is 4.98 Å². The molecule has 1 amide bonds. The van der Waals surface area contributed by atoms with Gasteiger partial charge in [0, 0.05) is 11.6 Å². The second-order valence-electron chi connectivity index (χ2n) is 3.46. The fourth-order valence-electron chi connectivity index (χ4n) is 1.39. The fourth-order valence-corrected chi connectivity index (χ4v) is 1.92. The lowest BCUT2D eigenvalue weighted by molar-refractivity contribution is -0.117. The van der Waals surface area contributed by atoms with Gasteiger partial charge in [-0.25, -0.2) is 4.98 Å². The van der Waals surface area contributed by atoms with E-state index in [1.807, 2.05) is 42.6 Å². The number of benzene rings is 1. The smallest absolute Gasteiger partial charge is 0.233 e. The number of hydrogen-bond donors (Lipinski definition) is 1. The molecule has 2 aromatic rings. The molecule has 0 radical (unpaired) electrons. The first-order valence-electron chi connectivity index (χ1n) is 5.02. The fraction of sp³-hybridized carbons (Fsp3) is 0.167. The van der Waals surface area contributed by atoms with Gasteiger partial charge in [-0.05, 0) is 12.5 Å². The van der Waals surface area contributed by atoms with E-state index in [9.17, 15) is 4.79 Å². The molecule has 1 atom stereocenters. The summed E-state index contributed by atoms with van der Waals surface area (Å²) in [5, 5.41) is 5.27. The van der Waals surface area contributed by atoms with E-state index in [-0.39, 0.29) is 11.8 Å². The first kappa shape index (κ1) is 10.8. The number of aromatic nitrogens is 1. The number of anilines is 1. The molecule has 82 valence electrons. The van der Waals surface area contributed by atoms with Crippen LogP contribution in [0.2, 0.25) is 0 Å². The molecular weight excluding hydrogens is 220 g/mol. The molecule has 1 unspecified atom stereocenters. The summed E-state index contributed by atoms with van der Waals surface area (Å²) in [5.41, 5.74) is 1.01. The van der Waals surface area contributed by atoms with Crippen LogP contribution in [0.25, 0.3) is 0 Å². The number of nitrogens with zero attached hydrogens (tertiary/aromatic N) is 1. The number of carbonyl (C=O) groups is 1. The maximum atomic E-state index is 11.9. The zero-order valence-corrected chi connectivity index (χ0v) is 9.70. The van der Waals surface area contributed by atoms with E-state index in [1.165, 1.54) is 11.3 Å². The van der Waals surface area contributed by atoms with E-state index in [4.69, 9.17) is 0 Å². The number of nitrogens with one attached hydrogen (secondary N) is 1. The Balaban J connectivity index is 2.05. The van der Waals surface area contributed by atoms with Crippen molar-refractivity contribution in [2.75, 3.05) is 5.32 Å². The molecule has 1 heterocycles. The van der Waals surface area contributed by atoms with Crippen molar-refractivity contribution < 1.29 is 4.79 Å². The van der Waals surface area contributed by atoms with Crippen molar-refractivity contribution in [2.24, 2.45) is 0 Å². The highest BCUT2D eigenvalue weighted by Gasteiger charge is 2.15. The topological polar surface area (TPSA) is 42.0 Å². The predicted octanol–water partition coefficient (Wildman–Crippen LogP) is 2.89. The molecule has 0 aliphatic carbocycles. The molecule has 0 bridgehead atoms. The lowest BCUT2D eigenvalue weighted by Crippen LogP contribution is -2.18. The van der Waals surface area contributed by atoms with Gasteiger partial charge in [-0.1, -0.05) is 30.3 Å². The monoisotopic (exact) mass is 232 g/mol. The highest BCUT2D eigenvalue weighted by Crippen LogP contribution is 2.18. The maximum absolute atomic E-state index is 11.9. The van der Waals surface area contributed by atoms with Crippen molar-refractivity contribution >= 4 is 22.4 Å². The molecule has 0 spiro atoms. The van der Waals surface area contributed by atoms with Crippen LogP contribution in [0.4, 0.5) is 5.13 Å². The van der Waals surface area contributed by atoms with Crippen LogP contribution in [-0.4, -0.2) is 10.9 Å². The van der Waals surface area contributed by atoms with Gasteiger partial charge < -0.3 is 5.32 Å². The van der Waals surface area contributed by atoms with E-state index >= 15 is 0 Å². The van der Waals surface area contributed by atoms with Crippen molar-refractivity contribution in [3.05, 3.63) is 47.5 Å². The zero-order valence-electron chi connectivity index (χ0n) is 8.88. The van der Waals surface area contributed by atoms with Crippen molar-refractivity contribution in [1.29, 1.82) is 0 Å². The van der Waals surface area contributed by atoms with Crippen LogP contribution < -0.4 is 5.32 Å². The average molecular weight is 232 g/mol.